The second-order valence-electron chi connectivity index (χ2n) is 5.23. The fourth-order valence-electron chi connectivity index (χ4n) is 2.19. The summed E-state index contributed by atoms with van der Waals surface area (Å²) in [6.45, 7) is 1.82. The molecule has 26 heavy (non-hydrogen) atoms. The van der Waals surface area contributed by atoms with Crippen LogP contribution in [0, 0.1) is 6.92 Å². The minimum absolute atomic E-state index is 0.127. The van der Waals surface area contributed by atoms with Crippen molar-refractivity contribution in [2.24, 2.45) is 5.10 Å². The zero-order chi connectivity index (χ0) is 18.4. The Balaban J connectivity index is 1.88. The number of carboxylic acids is 1. The second kappa shape index (κ2) is 8.30. The lowest BCUT2D eigenvalue weighted by molar-refractivity contribution is -0.133. The van der Waals surface area contributed by atoms with Gasteiger partial charge in [0.2, 0.25) is 5.16 Å². The van der Waals surface area contributed by atoms with Gasteiger partial charge >= 0.3 is 5.97 Å². The Kier molecular flexibility index (Phi) is 5.65. The van der Waals surface area contributed by atoms with E-state index in [9.17, 15) is 4.79 Å². The number of nitrogens with zero attached hydrogens (tertiary/aromatic N) is 4. The maximum absolute atomic E-state index is 10.8. The lowest BCUT2D eigenvalue weighted by Gasteiger charge is -2.02. The van der Waals surface area contributed by atoms with Gasteiger partial charge in [0, 0.05) is 6.21 Å². The highest BCUT2D eigenvalue weighted by Crippen LogP contribution is 2.26. The van der Waals surface area contributed by atoms with Gasteiger partial charge in [-0.2, -0.15) is 9.78 Å². The summed E-state index contributed by atoms with van der Waals surface area (Å²) in [5.41, 5.74) is 1.80. The quantitative estimate of drug-likeness (QED) is 0.506. The SMILES string of the molecule is Cc1occc1-c1nnc(SCC(=O)O)n1/N=C\C=C\c1ccccc1. The van der Waals surface area contributed by atoms with Crippen LogP contribution in [0.15, 0.2) is 63.4 Å². The molecule has 8 heteroatoms. The summed E-state index contributed by atoms with van der Waals surface area (Å²) in [6, 6.07) is 11.6. The normalized spacial score (nSPS) is 11.6. The molecule has 0 aliphatic carbocycles. The van der Waals surface area contributed by atoms with Crippen molar-refractivity contribution in [3.8, 4) is 11.4 Å². The minimum Gasteiger partial charge on any atom is -0.481 e. The van der Waals surface area contributed by atoms with Crippen molar-refractivity contribution < 1.29 is 14.3 Å². The molecule has 0 amide bonds. The highest BCUT2D eigenvalue weighted by atomic mass is 32.2. The average molecular weight is 368 g/mol. The van der Waals surface area contributed by atoms with Crippen LogP contribution in [0.25, 0.3) is 17.5 Å². The molecule has 1 aromatic carbocycles. The van der Waals surface area contributed by atoms with Gasteiger partial charge < -0.3 is 9.52 Å². The molecule has 0 atom stereocenters. The van der Waals surface area contributed by atoms with Gasteiger partial charge in [0.05, 0.1) is 17.6 Å². The summed E-state index contributed by atoms with van der Waals surface area (Å²) in [7, 11) is 0. The molecule has 0 fully saturated rings. The highest BCUT2D eigenvalue weighted by Gasteiger charge is 2.17. The van der Waals surface area contributed by atoms with Crippen LogP contribution in [0.3, 0.4) is 0 Å². The third-order valence-corrected chi connectivity index (χ3v) is 4.30. The summed E-state index contributed by atoms with van der Waals surface area (Å²) < 4.78 is 6.83. The van der Waals surface area contributed by atoms with Crippen molar-refractivity contribution in [3.63, 3.8) is 0 Å². The van der Waals surface area contributed by atoms with Gasteiger partial charge in [0.15, 0.2) is 5.82 Å². The molecule has 3 aromatic rings. The summed E-state index contributed by atoms with van der Waals surface area (Å²) in [5.74, 6) is 0.119. The summed E-state index contributed by atoms with van der Waals surface area (Å²) in [5, 5.41) is 21.9. The summed E-state index contributed by atoms with van der Waals surface area (Å²) in [6.07, 6.45) is 6.89. The van der Waals surface area contributed by atoms with Crippen molar-refractivity contribution in [3.05, 3.63) is 60.1 Å². The minimum atomic E-state index is -0.932. The molecular weight excluding hydrogens is 352 g/mol. The molecule has 2 aromatic heterocycles. The van der Waals surface area contributed by atoms with E-state index in [0.29, 0.717) is 16.7 Å². The van der Waals surface area contributed by atoms with E-state index in [1.165, 1.54) is 4.68 Å². The number of aliphatic carboxylic acids is 1. The van der Waals surface area contributed by atoms with Crippen LogP contribution in [-0.2, 0) is 4.79 Å². The molecule has 0 bridgehead atoms. The van der Waals surface area contributed by atoms with Gasteiger partial charge in [0.25, 0.3) is 0 Å². The Bertz CT molecular complexity index is 945. The first-order chi connectivity index (χ1) is 12.6. The number of aryl methyl sites for hydroxylation is 1. The van der Waals surface area contributed by atoms with Gasteiger partial charge in [-0.1, -0.05) is 48.2 Å². The average Bonchev–Trinajstić information content (AvgIpc) is 3.23. The standard InChI is InChI=1S/C18H16N4O3S/c1-13-15(9-11-25-13)17-20-21-18(26-12-16(23)24)22(17)19-10-5-8-14-6-3-2-4-7-14/h2-11H,12H2,1H3,(H,23,24)/b8-5+,19-10-. The van der Waals surface area contributed by atoms with Gasteiger partial charge in [-0.15, -0.1) is 10.2 Å². The summed E-state index contributed by atoms with van der Waals surface area (Å²) in [4.78, 5) is 10.8. The molecule has 2 heterocycles. The smallest absolute Gasteiger partial charge is 0.313 e. The van der Waals surface area contributed by atoms with Crippen molar-refractivity contribution >= 4 is 30.0 Å². The maximum Gasteiger partial charge on any atom is 0.313 e. The number of rotatable bonds is 7. The number of carboxylic acid groups (broad SMARTS) is 1. The first-order valence-electron chi connectivity index (χ1n) is 7.75. The van der Waals surface area contributed by atoms with Crippen molar-refractivity contribution in [2.45, 2.75) is 12.1 Å². The van der Waals surface area contributed by atoms with Crippen LogP contribution in [0.1, 0.15) is 11.3 Å². The number of thioether (sulfide) groups is 1. The molecule has 0 aliphatic rings. The number of aromatic nitrogens is 3. The van der Waals surface area contributed by atoms with Crippen LogP contribution in [-0.4, -0.2) is 37.9 Å². The molecule has 132 valence electrons. The largest absolute Gasteiger partial charge is 0.481 e. The molecule has 0 spiro atoms. The van der Waals surface area contributed by atoms with Crippen LogP contribution >= 0.6 is 11.8 Å². The molecule has 0 aliphatic heterocycles. The number of carbonyl (C=O) groups is 1. The molecule has 3 rings (SSSR count). The van der Waals surface area contributed by atoms with Crippen molar-refractivity contribution in [2.75, 3.05) is 5.75 Å². The van der Waals surface area contributed by atoms with Crippen LogP contribution in [0.2, 0.25) is 0 Å². The zero-order valence-electron chi connectivity index (χ0n) is 13.9. The number of hydrogen-bond donors (Lipinski definition) is 1. The Hall–Kier alpha value is -3.13. The van der Waals surface area contributed by atoms with E-state index in [2.05, 4.69) is 15.3 Å². The van der Waals surface area contributed by atoms with Gasteiger partial charge in [-0.25, -0.2) is 0 Å². The van der Waals surface area contributed by atoms with E-state index in [4.69, 9.17) is 9.52 Å². The number of furan rings is 1. The van der Waals surface area contributed by atoms with E-state index in [1.54, 1.807) is 24.6 Å². The molecule has 7 nitrogen and oxygen atoms in total. The topological polar surface area (TPSA) is 93.5 Å². The van der Waals surface area contributed by atoms with E-state index in [-0.39, 0.29) is 5.75 Å². The molecule has 0 unspecified atom stereocenters. The van der Waals surface area contributed by atoms with Crippen molar-refractivity contribution in [1.29, 1.82) is 0 Å². The van der Waals surface area contributed by atoms with E-state index >= 15 is 0 Å². The Morgan fingerprint density at radius 2 is 2.12 bits per heavy atom. The number of allylic oxidation sites excluding steroid dienone is 1. The Morgan fingerprint density at radius 3 is 2.81 bits per heavy atom. The first kappa shape index (κ1) is 17.7. The predicted octanol–water partition coefficient (Wildman–Crippen LogP) is 3.57. The molecule has 0 radical (unpaired) electrons. The first-order valence-corrected chi connectivity index (χ1v) is 8.74. The van der Waals surface area contributed by atoms with E-state index < -0.39 is 5.97 Å². The fraction of sp³-hybridized carbons (Fsp3) is 0.111. The molecule has 0 saturated carbocycles. The lowest BCUT2D eigenvalue weighted by Crippen LogP contribution is -2.01. The summed E-state index contributed by atoms with van der Waals surface area (Å²) >= 11 is 1.05. The van der Waals surface area contributed by atoms with E-state index in [0.717, 1.165) is 22.9 Å². The highest BCUT2D eigenvalue weighted by molar-refractivity contribution is 7.99. The zero-order valence-corrected chi connectivity index (χ0v) is 14.8. The molecule has 1 N–H and O–H groups in total. The molecular formula is C18H16N4O3S. The van der Waals surface area contributed by atoms with Crippen LogP contribution in [0.5, 0.6) is 0 Å². The Morgan fingerprint density at radius 1 is 1.31 bits per heavy atom. The van der Waals surface area contributed by atoms with Crippen LogP contribution in [0.4, 0.5) is 0 Å². The number of hydrogen-bond acceptors (Lipinski definition) is 6. The predicted molar refractivity (Wildman–Crippen MR) is 100 cm³/mol. The van der Waals surface area contributed by atoms with Crippen LogP contribution < -0.4 is 0 Å². The van der Waals surface area contributed by atoms with Gasteiger partial charge in [-0.05, 0) is 24.6 Å². The monoisotopic (exact) mass is 368 g/mol. The number of benzene rings is 1. The second-order valence-corrected chi connectivity index (χ2v) is 6.17. The van der Waals surface area contributed by atoms with Gasteiger partial charge in [0.1, 0.15) is 5.76 Å². The molecule has 0 saturated heterocycles. The van der Waals surface area contributed by atoms with Gasteiger partial charge in [-0.3, -0.25) is 4.79 Å². The lowest BCUT2D eigenvalue weighted by atomic mass is 10.2. The third kappa shape index (κ3) is 4.28. The fourth-order valence-corrected chi connectivity index (χ4v) is 2.80. The third-order valence-electron chi connectivity index (χ3n) is 3.39. The van der Waals surface area contributed by atoms with Crippen molar-refractivity contribution in [1.82, 2.24) is 14.9 Å². The Labute approximate surface area is 154 Å². The maximum atomic E-state index is 10.8. The van der Waals surface area contributed by atoms with E-state index in [1.807, 2.05) is 43.3 Å².